The van der Waals surface area contributed by atoms with E-state index in [0.717, 1.165) is 5.75 Å². The molecule has 0 atom stereocenters. The van der Waals surface area contributed by atoms with Crippen molar-refractivity contribution >= 4 is 11.6 Å². The summed E-state index contributed by atoms with van der Waals surface area (Å²) in [6, 6.07) is 12.1. The molecule has 0 amide bonds. The molecule has 0 N–H and O–H groups in total. The first-order valence-electron chi connectivity index (χ1n) is 5.11. The molecule has 0 saturated heterocycles. The van der Waals surface area contributed by atoms with Crippen molar-refractivity contribution in [1.82, 2.24) is 4.98 Å². The quantitative estimate of drug-likeness (QED) is 0.794. The number of nitriles is 1. The number of nitrogens with zero attached hydrogens (tertiary/aromatic N) is 2. The van der Waals surface area contributed by atoms with E-state index >= 15 is 0 Å². The van der Waals surface area contributed by atoms with Gasteiger partial charge >= 0.3 is 0 Å². The number of hydrogen-bond acceptors (Lipinski definition) is 4. The molecule has 0 fully saturated rings. The highest BCUT2D eigenvalue weighted by molar-refractivity contribution is 6.29. The van der Waals surface area contributed by atoms with Gasteiger partial charge in [-0.15, -0.1) is 0 Å². The van der Waals surface area contributed by atoms with Gasteiger partial charge in [0.05, 0.1) is 7.11 Å². The zero-order valence-electron chi connectivity index (χ0n) is 9.55. The zero-order valence-corrected chi connectivity index (χ0v) is 10.3. The molecular formula is C13H9ClN2O2. The van der Waals surface area contributed by atoms with Gasteiger partial charge in [0.2, 0.25) is 5.88 Å². The molecule has 2 rings (SSSR count). The smallest absolute Gasteiger partial charge is 0.238 e. The normalized spacial score (nSPS) is 9.61. The van der Waals surface area contributed by atoms with Gasteiger partial charge in [-0.2, -0.15) is 5.26 Å². The third-order valence-electron chi connectivity index (χ3n) is 2.22. The SMILES string of the molecule is COc1ccc(Oc2nc(Cl)ccc2C#N)cc1. The van der Waals surface area contributed by atoms with E-state index in [1.807, 2.05) is 6.07 Å². The van der Waals surface area contributed by atoms with Crippen LogP contribution in [-0.2, 0) is 0 Å². The summed E-state index contributed by atoms with van der Waals surface area (Å²) in [6.07, 6.45) is 0. The Hall–Kier alpha value is -2.25. The maximum absolute atomic E-state index is 8.94. The summed E-state index contributed by atoms with van der Waals surface area (Å²) in [5.74, 6) is 1.47. The molecule has 0 bridgehead atoms. The summed E-state index contributed by atoms with van der Waals surface area (Å²) in [6.45, 7) is 0. The molecule has 0 spiro atoms. The number of pyridine rings is 1. The third-order valence-corrected chi connectivity index (χ3v) is 2.43. The van der Waals surface area contributed by atoms with E-state index in [2.05, 4.69) is 4.98 Å². The fourth-order valence-electron chi connectivity index (χ4n) is 1.34. The summed E-state index contributed by atoms with van der Waals surface area (Å²) >= 11 is 5.77. The van der Waals surface area contributed by atoms with Crippen LogP contribution in [0, 0.1) is 11.3 Å². The Kier molecular flexibility index (Phi) is 3.66. The number of hydrogen-bond donors (Lipinski definition) is 0. The molecule has 90 valence electrons. The van der Waals surface area contributed by atoms with Gasteiger partial charge in [-0.25, -0.2) is 4.98 Å². The standard InChI is InChI=1S/C13H9ClN2O2/c1-17-10-3-5-11(6-4-10)18-13-9(8-15)2-7-12(14)16-13/h2-7H,1H3. The van der Waals surface area contributed by atoms with Crippen LogP contribution >= 0.6 is 11.6 Å². The van der Waals surface area contributed by atoms with Crippen molar-refractivity contribution in [2.24, 2.45) is 0 Å². The third kappa shape index (κ3) is 2.70. The van der Waals surface area contributed by atoms with E-state index in [4.69, 9.17) is 26.3 Å². The van der Waals surface area contributed by atoms with Crippen molar-refractivity contribution in [3.05, 3.63) is 47.1 Å². The number of ether oxygens (including phenoxy) is 2. The fourth-order valence-corrected chi connectivity index (χ4v) is 1.48. The summed E-state index contributed by atoms with van der Waals surface area (Å²) < 4.78 is 10.5. The minimum atomic E-state index is 0.190. The maximum atomic E-state index is 8.94. The van der Waals surface area contributed by atoms with Crippen LogP contribution < -0.4 is 9.47 Å². The molecule has 0 aliphatic heterocycles. The van der Waals surface area contributed by atoms with Gasteiger partial charge in [0.1, 0.15) is 28.3 Å². The van der Waals surface area contributed by atoms with Gasteiger partial charge in [-0.05, 0) is 36.4 Å². The minimum Gasteiger partial charge on any atom is -0.497 e. The van der Waals surface area contributed by atoms with Crippen LogP contribution in [0.25, 0.3) is 0 Å². The van der Waals surface area contributed by atoms with Crippen LogP contribution in [0.5, 0.6) is 17.4 Å². The molecule has 1 heterocycles. The van der Waals surface area contributed by atoms with Crippen molar-refractivity contribution in [1.29, 1.82) is 5.26 Å². The van der Waals surface area contributed by atoms with Crippen LogP contribution in [-0.4, -0.2) is 12.1 Å². The highest BCUT2D eigenvalue weighted by Gasteiger charge is 2.07. The van der Waals surface area contributed by atoms with E-state index in [0.29, 0.717) is 11.3 Å². The summed E-state index contributed by atoms with van der Waals surface area (Å²) in [5, 5.41) is 9.21. The second-order valence-electron chi connectivity index (χ2n) is 3.38. The molecule has 5 heteroatoms. The Morgan fingerprint density at radius 3 is 2.39 bits per heavy atom. The van der Waals surface area contributed by atoms with Gasteiger partial charge in [-0.3, -0.25) is 0 Å². The van der Waals surface area contributed by atoms with Gasteiger partial charge < -0.3 is 9.47 Å². The summed E-state index contributed by atoms with van der Waals surface area (Å²) in [7, 11) is 1.59. The largest absolute Gasteiger partial charge is 0.497 e. The molecule has 1 aromatic heterocycles. The zero-order chi connectivity index (χ0) is 13.0. The first-order chi connectivity index (χ1) is 8.72. The van der Waals surface area contributed by atoms with E-state index in [1.165, 1.54) is 0 Å². The lowest BCUT2D eigenvalue weighted by Gasteiger charge is -2.07. The minimum absolute atomic E-state index is 0.190. The Labute approximate surface area is 109 Å². The molecule has 0 radical (unpaired) electrons. The molecule has 0 unspecified atom stereocenters. The first kappa shape index (κ1) is 12.2. The van der Waals surface area contributed by atoms with E-state index in [9.17, 15) is 0 Å². The lowest BCUT2D eigenvalue weighted by molar-refractivity contribution is 0.412. The predicted molar refractivity (Wildman–Crippen MR) is 67.0 cm³/mol. The Morgan fingerprint density at radius 1 is 1.11 bits per heavy atom. The highest BCUT2D eigenvalue weighted by Crippen LogP contribution is 2.26. The van der Waals surface area contributed by atoms with Crippen LogP contribution in [0.2, 0.25) is 5.15 Å². The second kappa shape index (κ2) is 5.39. The second-order valence-corrected chi connectivity index (χ2v) is 3.76. The van der Waals surface area contributed by atoms with Crippen LogP contribution in [0.1, 0.15) is 5.56 Å². The molecule has 0 aliphatic rings. The average molecular weight is 261 g/mol. The Bertz CT molecular complexity index is 591. The van der Waals surface area contributed by atoms with Crippen molar-refractivity contribution in [3.63, 3.8) is 0 Å². The molecule has 4 nitrogen and oxygen atoms in total. The van der Waals surface area contributed by atoms with Gasteiger partial charge in [0.15, 0.2) is 0 Å². The molecule has 18 heavy (non-hydrogen) atoms. The highest BCUT2D eigenvalue weighted by atomic mass is 35.5. The number of halogens is 1. The van der Waals surface area contributed by atoms with Crippen LogP contribution in [0.4, 0.5) is 0 Å². The Morgan fingerprint density at radius 2 is 1.78 bits per heavy atom. The van der Waals surface area contributed by atoms with E-state index < -0.39 is 0 Å². The van der Waals surface area contributed by atoms with Crippen molar-refractivity contribution < 1.29 is 9.47 Å². The number of methoxy groups -OCH3 is 1. The maximum Gasteiger partial charge on any atom is 0.238 e. The monoisotopic (exact) mass is 260 g/mol. The molecular weight excluding hydrogens is 252 g/mol. The van der Waals surface area contributed by atoms with Crippen LogP contribution in [0.3, 0.4) is 0 Å². The fraction of sp³-hybridized carbons (Fsp3) is 0.0769. The predicted octanol–water partition coefficient (Wildman–Crippen LogP) is 3.41. The molecule has 1 aromatic carbocycles. The summed E-state index contributed by atoms with van der Waals surface area (Å²) in [4.78, 5) is 3.97. The Balaban J connectivity index is 2.27. The van der Waals surface area contributed by atoms with Gasteiger partial charge in [-0.1, -0.05) is 11.6 Å². The lowest BCUT2D eigenvalue weighted by atomic mass is 10.3. The van der Waals surface area contributed by atoms with Crippen molar-refractivity contribution in [2.45, 2.75) is 0 Å². The summed E-state index contributed by atoms with van der Waals surface area (Å²) in [5.41, 5.74) is 0.329. The first-order valence-corrected chi connectivity index (χ1v) is 5.49. The number of benzene rings is 1. The van der Waals surface area contributed by atoms with Gasteiger partial charge in [0, 0.05) is 0 Å². The molecule has 2 aromatic rings. The van der Waals surface area contributed by atoms with Gasteiger partial charge in [0.25, 0.3) is 0 Å². The van der Waals surface area contributed by atoms with Crippen molar-refractivity contribution in [3.8, 4) is 23.4 Å². The molecule has 0 saturated carbocycles. The molecule has 0 aliphatic carbocycles. The van der Waals surface area contributed by atoms with E-state index in [-0.39, 0.29) is 11.0 Å². The van der Waals surface area contributed by atoms with Crippen LogP contribution in [0.15, 0.2) is 36.4 Å². The number of rotatable bonds is 3. The van der Waals surface area contributed by atoms with E-state index in [1.54, 1.807) is 43.5 Å². The lowest BCUT2D eigenvalue weighted by Crippen LogP contribution is -1.92. The topological polar surface area (TPSA) is 55.1 Å². The average Bonchev–Trinajstić information content (AvgIpc) is 2.40. The number of aromatic nitrogens is 1. The van der Waals surface area contributed by atoms with Crippen molar-refractivity contribution in [2.75, 3.05) is 7.11 Å².